The van der Waals surface area contributed by atoms with Crippen molar-refractivity contribution in [3.8, 4) is 11.3 Å². The smallest absolute Gasteiger partial charge is 0.0951 e. The summed E-state index contributed by atoms with van der Waals surface area (Å²) in [6, 6.07) is 2.14. The van der Waals surface area contributed by atoms with Crippen molar-refractivity contribution in [2.45, 2.75) is 19.9 Å². The lowest BCUT2D eigenvalue weighted by atomic mass is 10.2. The zero-order chi connectivity index (χ0) is 11.2. The molecule has 0 atom stereocenters. The van der Waals surface area contributed by atoms with Gasteiger partial charge in [0.1, 0.15) is 0 Å². The highest BCUT2D eigenvalue weighted by atomic mass is 32.1. The van der Waals surface area contributed by atoms with Crippen LogP contribution in [-0.2, 0) is 6.54 Å². The fourth-order valence-corrected chi connectivity index (χ4v) is 2.30. The predicted molar refractivity (Wildman–Crippen MR) is 68.7 cm³/mol. The molecule has 2 aromatic rings. The molecule has 0 bridgehead atoms. The van der Waals surface area contributed by atoms with Crippen LogP contribution in [-0.4, -0.2) is 22.6 Å². The first-order valence-corrected chi connectivity index (χ1v) is 6.59. The van der Waals surface area contributed by atoms with Crippen molar-refractivity contribution >= 4 is 11.3 Å². The minimum Gasteiger partial charge on any atom is -0.329 e. The summed E-state index contributed by atoms with van der Waals surface area (Å²) in [7, 11) is 0. The molecule has 0 fully saturated rings. The second-order valence-electron chi connectivity index (χ2n) is 3.73. The van der Waals surface area contributed by atoms with Crippen LogP contribution in [0.4, 0.5) is 0 Å². The van der Waals surface area contributed by atoms with Crippen LogP contribution in [0.5, 0.6) is 0 Å². The molecule has 2 rings (SSSR count). The minimum absolute atomic E-state index is 0.977. The molecule has 4 heteroatoms. The molecule has 2 aromatic heterocycles. The van der Waals surface area contributed by atoms with E-state index in [0.717, 1.165) is 19.6 Å². The Morgan fingerprint density at radius 2 is 2.38 bits per heavy atom. The largest absolute Gasteiger partial charge is 0.329 e. The van der Waals surface area contributed by atoms with E-state index in [2.05, 4.69) is 38.6 Å². The van der Waals surface area contributed by atoms with Gasteiger partial charge in [0, 0.05) is 24.0 Å². The van der Waals surface area contributed by atoms with Gasteiger partial charge < -0.3 is 9.88 Å². The SMILES string of the molecule is CCCNCCn1cncc1-c1ccsc1. The number of hydrogen-bond acceptors (Lipinski definition) is 3. The Bertz CT molecular complexity index is 406. The maximum atomic E-state index is 4.22. The monoisotopic (exact) mass is 235 g/mol. The van der Waals surface area contributed by atoms with Gasteiger partial charge in [0.25, 0.3) is 0 Å². The van der Waals surface area contributed by atoms with Gasteiger partial charge in [-0.15, -0.1) is 0 Å². The molecule has 1 N–H and O–H groups in total. The Labute approximate surface area is 100 Å². The number of nitrogens with one attached hydrogen (secondary N) is 1. The molecule has 0 aliphatic heterocycles. The van der Waals surface area contributed by atoms with Crippen LogP contribution in [0.1, 0.15) is 13.3 Å². The summed E-state index contributed by atoms with van der Waals surface area (Å²) < 4.78 is 2.20. The van der Waals surface area contributed by atoms with Gasteiger partial charge >= 0.3 is 0 Å². The van der Waals surface area contributed by atoms with Crippen molar-refractivity contribution in [3.63, 3.8) is 0 Å². The molecule has 0 aromatic carbocycles. The predicted octanol–water partition coefficient (Wildman–Crippen LogP) is 2.61. The van der Waals surface area contributed by atoms with E-state index in [-0.39, 0.29) is 0 Å². The van der Waals surface area contributed by atoms with Gasteiger partial charge in [-0.25, -0.2) is 4.98 Å². The molecule has 0 spiro atoms. The van der Waals surface area contributed by atoms with Gasteiger partial charge in [-0.1, -0.05) is 6.92 Å². The molecule has 16 heavy (non-hydrogen) atoms. The summed E-state index contributed by atoms with van der Waals surface area (Å²) in [5.41, 5.74) is 2.47. The van der Waals surface area contributed by atoms with Gasteiger partial charge in [-0.05, 0) is 24.4 Å². The fraction of sp³-hybridized carbons (Fsp3) is 0.417. The van der Waals surface area contributed by atoms with Crippen LogP contribution in [0.3, 0.4) is 0 Å². The summed E-state index contributed by atoms with van der Waals surface area (Å²) in [6.07, 6.45) is 5.02. The number of aromatic nitrogens is 2. The average Bonchev–Trinajstić information content (AvgIpc) is 2.94. The molecular weight excluding hydrogens is 218 g/mol. The second kappa shape index (κ2) is 5.82. The average molecular weight is 235 g/mol. The maximum absolute atomic E-state index is 4.22. The summed E-state index contributed by atoms with van der Waals surface area (Å²) in [6.45, 7) is 5.25. The third-order valence-electron chi connectivity index (χ3n) is 2.49. The van der Waals surface area contributed by atoms with Crippen molar-refractivity contribution in [2.24, 2.45) is 0 Å². The lowest BCUT2D eigenvalue weighted by molar-refractivity contribution is 0.596. The molecule has 0 amide bonds. The Kier molecular flexibility index (Phi) is 4.13. The number of hydrogen-bond donors (Lipinski definition) is 1. The molecule has 2 heterocycles. The number of rotatable bonds is 6. The van der Waals surface area contributed by atoms with E-state index in [0.29, 0.717) is 0 Å². The number of nitrogens with zero attached hydrogens (tertiary/aromatic N) is 2. The maximum Gasteiger partial charge on any atom is 0.0951 e. The van der Waals surface area contributed by atoms with Crippen molar-refractivity contribution in [1.29, 1.82) is 0 Å². The van der Waals surface area contributed by atoms with Gasteiger partial charge in [-0.2, -0.15) is 11.3 Å². The summed E-state index contributed by atoms with van der Waals surface area (Å²) >= 11 is 1.72. The van der Waals surface area contributed by atoms with Gasteiger partial charge in [0.05, 0.1) is 18.2 Å². The number of thiophene rings is 1. The van der Waals surface area contributed by atoms with E-state index < -0.39 is 0 Å². The third-order valence-corrected chi connectivity index (χ3v) is 3.17. The summed E-state index contributed by atoms with van der Waals surface area (Å²) in [5.74, 6) is 0. The molecule has 0 saturated carbocycles. The normalized spacial score (nSPS) is 10.8. The fourth-order valence-electron chi connectivity index (χ4n) is 1.65. The molecule has 3 nitrogen and oxygen atoms in total. The second-order valence-corrected chi connectivity index (χ2v) is 4.51. The zero-order valence-electron chi connectivity index (χ0n) is 9.52. The molecule has 0 saturated heterocycles. The lowest BCUT2D eigenvalue weighted by Crippen LogP contribution is -2.20. The van der Waals surface area contributed by atoms with Gasteiger partial charge in [-0.3, -0.25) is 0 Å². The van der Waals surface area contributed by atoms with Gasteiger partial charge in [0.2, 0.25) is 0 Å². The van der Waals surface area contributed by atoms with E-state index in [1.165, 1.54) is 17.7 Å². The standard InChI is InChI=1S/C12H17N3S/c1-2-4-13-5-6-15-10-14-8-12(15)11-3-7-16-9-11/h3,7-10,13H,2,4-6H2,1H3. The van der Waals surface area contributed by atoms with E-state index >= 15 is 0 Å². The lowest BCUT2D eigenvalue weighted by Gasteiger charge is -2.07. The van der Waals surface area contributed by atoms with Crippen LogP contribution in [0, 0.1) is 0 Å². The third kappa shape index (κ3) is 2.71. The van der Waals surface area contributed by atoms with Crippen molar-refractivity contribution in [1.82, 2.24) is 14.9 Å². The Hall–Kier alpha value is -1.13. The van der Waals surface area contributed by atoms with Crippen molar-refractivity contribution in [2.75, 3.05) is 13.1 Å². The Morgan fingerprint density at radius 3 is 3.12 bits per heavy atom. The van der Waals surface area contributed by atoms with E-state index in [1.807, 2.05) is 12.5 Å². The molecule has 0 aliphatic rings. The first kappa shape index (κ1) is 11.4. The van der Waals surface area contributed by atoms with E-state index in [1.54, 1.807) is 11.3 Å². The highest BCUT2D eigenvalue weighted by Crippen LogP contribution is 2.21. The van der Waals surface area contributed by atoms with Crippen molar-refractivity contribution < 1.29 is 0 Å². The Morgan fingerprint density at radius 1 is 1.44 bits per heavy atom. The van der Waals surface area contributed by atoms with Crippen LogP contribution < -0.4 is 5.32 Å². The topological polar surface area (TPSA) is 29.9 Å². The summed E-state index contributed by atoms with van der Waals surface area (Å²) in [4.78, 5) is 4.22. The molecule has 0 radical (unpaired) electrons. The molecule has 0 aliphatic carbocycles. The van der Waals surface area contributed by atoms with Crippen LogP contribution >= 0.6 is 11.3 Å². The van der Waals surface area contributed by atoms with Crippen LogP contribution in [0.15, 0.2) is 29.4 Å². The van der Waals surface area contributed by atoms with E-state index in [9.17, 15) is 0 Å². The Balaban J connectivity index is 1.97. The summed E-state index contributed by atoms with van der Waals surface area (Å²) in [5, 5.41) is 7.66. The minimum atomic E-state index is 0.977. The highest BCUT2D eigenvalue weighted by Gasteiger charge is 2.04. The highest BCUT2D eigenvalue weighted by molar-refractivity contribution is 7.08. The molecule has 0 unspecified atom stereocenters. The van der Waals surface area contributed by atoms with Crippen molar-refractivity contribution in [3.05, 3.63) is 29.4 Å². The first-order chi connectivity index (χ1) is 7.92. The van der Waals surface area contributed by atoms with Crippen LogP contribution in [0.2, 0.25) is 0 Å². The molecule has 86 valence electrons. The van der Waals surface area contributed by atoms with E-state index in [4.69, 9.17) is 0 Å². The number of imidazole rings is 1. The molecular formula is C12H17N3S. The zero-order valence-corrected chi connectivity index (χ0v) is 10.3. The quantitative estimate of drug-likeness (QED) is 0.780. The van der Waals surface area contributed by atoms with Gasteiger partial charge in [0.15, 0.2) is 0 Å². The van der Waals surface area contributed by atoms with Crippen LogP contribution in [0.25, 0.3) is 11.3 Å². The first-order valence-electron chi connectivity index (χ1n) is 5.65.